The van der Waals surface area contributed by atoms with Crippen LogP contribution in [0.3, 0.4) is 0 Å². The van der Waals surface area contributed by atoms with Gasteiger partial charge in [-0.2, -0.15) is 0 Å². The van der Waals surface area contributed by atoms with Crippen LogP contribution in [-0.4, -0.2) is 14.5 Å². The van der Waals surface area contributed by atoms with Gasteiger partial charge in [0.25, 0.3) is 0 Å². The van der Waals surface area contributed by atoms with Gasteiger partial charge < -0.3 is 5.11 Å². The molecule has 0 atom stereocenters. The van der Waals surface area contributed by atoms with Crippen molar-refractivity contribution in [2.24, 2.45) is 23.7 Å². The molecule has 4 bridgehead atoms. The lowest BCUT2D eigenvalue weighted by molar-refractivity contribution is -0.0458. The van der Waals surface area contributed by atoms with Crippen LogP contribution in [0.5, 0.6) is 5.88 Å². The molecule has 4 saturated carbocycles. The second-order valence-corrected chi connectivity index (χ2v) is 8.22. The van der Waals surface area contributed by atoms with Crippen molar-refractivity contribution in [3.63, 3.8) is 0 Å². The van der Waals surface area contributed by atoms with E-state index in [1.807, 2.05) is 6.92 Å². The summed E-state index contributed by atoms with van der Waals surface area (Å²) in [5.74, 6) is 4.06. The average Bonchev–Trinajstić information content (AvgIpc) is 2.56. The van der Waals surface area contributed by atoms with Crippen molar-refractivity contribution in [3.05, 3.63) is 41.6 Å². The van der Waals surface area contributed by atoms with E-state index in [0.29, 0.717) is 11.9 Å². The Kier molecular flexibility index (Phi) is 2.95. The van der Waals surface area contributed by atoms with Crippen molar-refractivity contribution in [1.82, 2.24) is 9.36 Å². The average molecular weight is 310 g/mol. The molecule has 0 spiro atoms. The van der Waals surface area contributed by atoms with E-state index in [2.05, 4.69) is 39.7 Å². The van der Waals surface area contributed by atoms with Crippen LogP contribution >= 0.6 is 0 Å². The van der Waals surface area contributed by atoms with Gasteiger partial charge in [0.1, 0.15) is 0 Å². The maximum atomic E-state index is 10.6. The van der Waals surface area contributed by atoms with Crippen LogP contribution in [0.4, 0.5) is 0 Å². The monoisotopic (exact) mass is 310 g/mol. The van der Waals surface area contributed by atoms with E-state index in [0.717, 1.165) is 35.9 Å². The summed E-state index contributed by atoms with van der Waals surface area (Å²) in [6, 6.07) is 11.2. The molecule has 1 aromatic heterocycles. The summed E-state index contributed by atoms with van der Waals surface area (Å²) < 4.78 is 4.58. The maximum absolute atomic E-state index is 10.6. The Bertz CT molecular complexity index is 684. The quantitative estimate of drug-likeness (QED) is 0.897. The summed E-state index contributed by atoms with van der Waals surface area (Å²) in [5.41, 5.74) is 2.34. The molecule has 0 radical (unpaired) electrons. The number of benzene rings is 1. The molecule has 23 heavy (non-hydrogen) atoms. The second-order valence-electron chi connectivity index (χ2n) is 8.22. The topological polar surface area (TPSA) is 30.1 Å². The van der Waals surface area contributed by atoms with Crippen molar-refractivity contribution in [3.8, 4) is 5.88 Å². The summed E-state index contributed by atoms with van der Waals surface area (Å²) in [4.78, 5) is 0. The smallest absolute Gasteiger partial charge is 0.227 e. The van der Waals surface area contributed by atoms with Gasteiger partial charge >= 0.3 is 0 Å². The molecule has 0 saturated heterocycles. The highest BCUT2D eigenvalue weighted by Gasteiger charge is 2.50. The predicted octanol–water partition coefficient (Wildman–Crippen LogP) is 4.35. The predicted molar refractivity (Wildman–Crippen MR) is 90.4 cm³/mol. The van der Waals surface area contributed by atoms with Gasteiger partial charge in [-0.05, 0) is 68.3 Å². The van der Waals surface area contributed by atoms with Crippen molar-refractivity contribution in [2.75, 3.05) is 0 Å². The van der Waals surface area contributed by atoms with Crippen LogP contribution in [0.1, 0.15) is 49.4 Å². The van der Waals surface area contributed by atoms with E-state index >= 15 is 0 Å². The largest absolute Gasteiger partial charge is 0.492 e. The highest BCUT2D eigenvalue weighted by molar-refractivity contribution is 5.25. The first kappa shape index (κ1) is 13.8. The van der Waals surface area contributed by atoms with Crippen LogP contribution in [-0.2, 0) is 6.54 Å². The summed E-state index contributed by atoms with van der Waals surface area (Å²) in [7, 11) is 0. The Morgan fingerprint density at radius 1 is 0.957 bits per heavy atom. The first-order valence-electron chi connectivity index (χ1n) is 9.21. The molecular formula is C20H26N2O. The summed E-state index contributed by atoms with van der Waals surface area (Å²) >= 11 is 0. The Morgan fingerprint density at radius 2 is 1.57 bits per heavy atom. The molecule has 122 valence electrons. The Balaban J connectivity index is 1.48. The van der Waals surface area contributed by atoms with Crippen molar-refractivity contribution >= 4 is 0 Å². The van der Waals surface area contributed by atoms with Crippen LogP contribution in [0.25, 0.3) is 0 Å². The fraction of sp³-hybridized carbons (Fsp3) is 0.600. The van der Waals surface area contributed by atoms with E-state index in [-0.39, 0.29) is 0 Å². The Labute approximate surface area is 137 Å². The SMILES string of the molecule is Cc1c(O)n(C2C3CC4CC(C3)CC2C4)n1Cc1ccccc1. The zero-order valence-electron chi connectivity index (χ0n) is 13.9. The second kappa shape index (κ2) is 4.93. The van der Waals surface area contributed by atoms with Gasteiger partial charge in [-0.15, -0.1) is 0 Å². The molecule has 1 aromatic carbocycles. The molecule has 4 aliphatic rings. The van der Waals surface area contributed by atoms with Gasteiger partial charge in [0.2, 0.25) is 5.88 Å². The fourth-order valence-electron chi connectivity index (χ4n) is 6.06. The number of rotatable bonds is 3. The van der Waals surface area contributed by atoms with Crippen molar-refractivity contribution in [1.29, 1.82) is 0 Å². The van der Waals surface area contributed by atoms with Crippen molar-refractivity contribution in [2.45, 2.75) is 51.6 Å². The van der Waals surface area contributed by atoms with Crippen LogP contribution in [0.2, 0.25) is 0 Å². The highest BCUT2D eigenvalue weighted by Crippen LogP contribution is 2.59. The first-order chi connectivity index (χ1) is 11.2. The molecule has 4 aliphatic carbocycles. The van der Waals surface area contributed by atoms with E-state index in [1.165, 1.54) is 37.7 Å². The molecule has 6 rings (SSSR count). The molecule has 3 heteroatoms. The van der Waals surface area contributed by atoms with Gasteiger partial charge in [0.15, 0.2) is 0 Å². The lowest BCUT2D eigenvalue weighted by Crippen LogP contribution is -2.48. The highest BCUT2D eigenvalue weighted by atomic mass is 16.3. The van der Waals surface area contributed by atoms with Crippen LogP contribution in [0, 0.1) is 30.6 Å². The lowest BCUT2D eigenvalue weighted by Gasteiger charge is -2.56. The van der Waals surface area contributed by atoms with E-state index in [4.69, 9.17) is 0 Å². The Morgan fingerprint density at radius 3 is 2.17 bits per heavy atom. The Hall–Kier alpha value is -1.64. The standard InChI is InChI=1S/C20H26N2O/c1-13-20(23)22(21(13)12-14-5-3-2-4-6-14)19-17-8-15-7-16(10-17)11-18(19)9-15/h2-6,15-19,23H,7-12H2,1H3. The van der Waals surface area contributed by atoms with Crippen LogP contribution < -0.4 is 0 Å². The van der Waals surface area contributed by atoms with E-state index in [1.54, 1.807) is 0 Å². The van der Waals surface area contributed by atoms with E-state index < -0.39 is 0 Å². The van der Waals surface area contributed by atoms with Gasteiger partial charge in [-0.25, -0.2) is 4.68 Å². The molecule has 0 aliphatic heterocycles. The summed E-state index contributed by atoms with van der Waals surface area (Å²) in [6.07, 6.45) is 7.03. The molecule has 4 fully saturated rings. The zero-order valence-corrected chi connectivity index (χ0v) is 13.9. The third kappa shape index (κ3) is 2.02. The molecule has 1 heterocycles. The minimum absolute atomic E-state index is 0.526. The number of hydrogen-bond donors (Lipinski definition) is 1. The van der Waals surface area contributed by atoms with Gasteiger partial charge in [-0.1, -0.05) is 30.3 Å². The molecular weight excluding hydrogens is 284 g/mol. The number of aromatic hydroxyl groups is 1. The third-order valence-electron chi connectivity index (χ3n) is 6.82. The molecule has 0 unspecified atom stereocenters. The summed E-state index contributed by atoms with van der Waals surface area (Å²) in [6.45, 7) is 2.92. The zero-order chi connectivity index (χ0) is 15.6. The lowest BCUT2D eigenvalue weighted by atomic mass is 9.54. The molecule has 0 amide bonds. The molecule has 1 N–H and O–H groups in total. The summed E-state index contributed by atoms with van der Waals surface area (Å²) in [5, 5.41) is 10.6. The minimum Gasteiger partial charge on any atom is -0.492 e. The fourth-order valence-corrected chi connectivity index (χ4v) is 6.06. The first-order valence-corrected chi connectivity index (χ1v) is 9.21. The normalized spacial score (nSPS) is 35.1. The minimum atomic E-state index is 0.526. The molecule has 3 nitrogen and oxygen atoms in total. The van der Waals surface area contributed by atoms with E-state index in [9.17, 15) is 5.11 Å². The van der Waals surface area contributed by atoms with Crippen LogP contribution in [0.15, 0.2) is 30.3 Å². The maximum Gasteiger partial charge on any atom is 0.227 e. The molecule has 2 aromatic rings. The van der Waals surface area contributed by atoms with Crippen molar-refractivity contribution < 1.29 is 5.11 Å². The number of nitrogens with zero attached hydrogens (tertiary/aromatic N) is 2. The number of hydrogen-bond acceptors (Lipinski definition) is 1. The third-order valence-corrected chi connectivity index (χ3v) is 6.82. The number of aromatic nitrogens is 2. The van der Waals surface area contributed by atoms with Gasteiger partial charge in [0.05, 0.1) is 18.3 Å². The van der Waals surface area contributed by atoms with Gasteiger partial charge in [-0.3, -0.25) is 4.68 Å². The van der Waals surface area contributed by atoms with Gasteiger partial charge in [0, 0.05) is 0 Å².